The Balaban J connectivity index is 1.45. The fourth-order valence-electron chi connectivity index (χ4n) is 3.46. The van der Waals surface area contributed by atoms with Crippen LogP contribution in [0.1, 0.15) is 20.3 Å². The number of nitrogens with one attached hydrogen (secondary N) is 2. The number of aromatic nitrogens is 5. The summed E-state index contributed by atoms with van der Waals surface area (Å²) in [5, 5.41) is 29.2. The molecule has 1 fully saturated rings. The predicted octanol–water partition coefficient (Wildman–Crippen LogP) is 2.46. The van der Waals surface area contributed by atoms with E-state index in [9.17, 15) is 5.11 Å². The van der Waals surface area contributed by atoms with E-state index in [0.717, 1.165) is 37.2 Å². The maximum Gasteiger partial charge on any atom is 0.245 e. The molecule has 1 aromatic carbocycles. The number of phenols is 1. The molecule has 1 aliphatic rings. The minimum atomic E-state index is 0.142. The predicted molar refractivity (Wildman–Crippen MR) is 108 cm³/mol. The number of nitrogens with zero attached hydrogens (tertiary/aromatic N) is 5. The second-order valence-corrected chi connectivity index (χ2v) is 7.53. The van der Waals surface area contributed by atoms with Crippen LogP contribution in [0.15, 0.2) is 36.8 Å². The van der Waals surface area contributed by atoms with E-state index in [-0.39, 0.29) is 5.75 Å². The maximum atomic E-state index is 10.4. The van der Waals surface area contributed by atoms with Crippen LogP contribution in [-0.2, 0) is 0 Å². The van der Waals surface area contributed by atoms with Crippen molar-refractivity contribution in [1.82, 2.24) is 30.7 Å². The third-order valence-electron chi connectivity index (χ3n) is 5.04. The number of H-pyrrole nitrogens is 1. The molecule has 28 heavy (non-hydrogen) atoms. The molecule has 0 radical (unpaired) electrons. The van der Waals surface area contributed by atoms with Gasteiger partial charge in [-0.25, -0.2) is 4.98 Å². The molecule has 8 heteroatoms. The molecule has 3 N–H and O–H groups in total. The minimum absolute atomic E-state index is 0.142. The van der Waals surface area contributed by atoms with Crippen molar-refractivity contribution in [3.05, 3.63) is 36.8 Å². The average molecular weight is 379 g/mol. The molecule has 1 saturated heterocycles. The van der Waals surface area contributed by atoms with Crippen molar-refractivity contribution in [1.29, 1.82) is 0 Å². The highest BCUT2D eigenvalue weighted by Crippen LogP contribution is 2.32. The van der Waals surface area contributed by atoms with Gasteiger partial charge in [-0.2, -0.15) is 5.10 Å². The highest BCUT2D eigenvalue weighted by molar-refractivity contribution is 5.73. The first-order chi connectivity index (χ1) is 13.6. The number of rotatable bonds is 6. The van der Waals surface area contributed by atoms with Crippen LogP contribution in [0.4, 0.5) is 5.95 Å². The molecule has 0 spiro atoms. The highest BCUT2D eigenvalue weighted by atomic mass is 16.3. The van der Waals surface area contributed by atoms with Crippen LogP contribution in [0.2, 0.25) is 0 Å². The Labute approximate surface area is 164 Å². The number of aromatic hydroxyl groups is 1. The van der Waals surface area contributed by atoms with Crippen molar-refractivity contribution in [2.75, 3.05) is 24.5 Å². The molecule has 2 aromatic heterocycles. The van der Waals surface area contributed by atoms with E-state index in [1.54, 1.807) is 24.7 Å². The minimum Gasteiger partial charge on any atom is -0.507 e. The number of phenolic OH excluding ortho intramolecular Hbond substituents is 1. The summed E-state index contributed by atoms with van der Waals surface area (Å²) >= 11 is 0. The molecule has 1 unspecified atom stereocenters. The average Bonchev–Trinajstić information content (AvgIpc) is 3.39. The smallest absolute Gasteiger partial charge is 0.245 e. The normalized spacial score (nSPS) is 16.8. The molecule has 1 aliphatic heterocycles. The quantitative estimate of drug-likeness (QED) is 0.604. The number of hydrogen-bond acceptors (Lipinski definition) is 7. The van der Waals surface area contributed by atoms with E-state index in [1.165, 1.54) is 0 Å². The monoisotopic (exact) mass is 379 g/mol. The zero-order chi connectivity index (χ0) is 19.5. The van der Waals surface area contributed by atoms with E-state index in [1.807, 2.05) is 12.1 Å². The summed E-state index contributed by atoms with van der Waals surface area (Å²) in [7, 11) is 0. The lowest BCUT2D eigenvalue weighted by atomic mass is 10.0. The summed E-state index contributed by atoms with van der Waals surface area (Å²) in [5.74, 6) is 1.39. The summed E-state index contributed by atoms with van der Waals surface area (Å²) in [6.45, 7) is 7.21. The Morgan fingerprint density at radius 3 is 2.82 bits per heavy atom. The van der Waals surface area contributed by atoms with Gasteiger partial charge in [0.1, 0.15) is 11.4 Å². The fraction of sp³-hybridized carbons (Fsp3) is 0.400. The van der Waals surface area contributed by atoms with Crippen LogP contribution >= 0.6 is 0 Å². The topological polar surface area (TPSA) is 103 Å². The Kier molecular flexibility index (Phi) is 5.21. The van der Waals surface area contributed by atoms with Crippen molar-refractivity contribution in [3.8, 4) is 28.1 Å². The zero-order valence-electron chi connectivity index (χ0n) is 16.1. The molecule has 0 saturated carbocycles. The highest BCUT2D eigenvalue weighted by Gasteiger charge is 2.24. The lowest BCUT2D eigenvalue weighted by molar-refractivity contribution is 0.477. The van der Waals surface area contributed by atoms with Gasteiger partial charge in [-0.15, -0.1) is 10.2 Å². The number of aromatic amines is 1. The van der Waals surface area contributed by atoms with Gasteiger partial charge in [0.15, 0.2) is 0 Å². The van der Waals surface area contributed by atoms with Crippen molar-refractivity contribution in [2.45, 2.75) is 26.3 Å². The SMILES string of the molecule is CC(C)NCC1CCN(c2ncc(-c3ccc(-c4cn[nH]c4)cc3O)nn2)C1. The third-order valence-corrected chi connectivity index (χ3v) is 5.04. The molecule has 3 aromatic rings. The number of hydrogen-bond donors (Lipinski definition) is 3. The largest absolute Gasteiger partial charge is 0.507 e. The molecular weight excluding hydrogens is 354 g/mol. The first kappa shape index (κ1) is 18.4. The van der Waals surface area contributed by atoms with E-state index in [4.69, 9.17) is 0 Å². The Hall–Kier alpha value is -3.00. The fourth-order valence-corrected chi connectivity index (χ4v) is 3.46. The summed E-state index contributed by atoms with van der Waals surface area (Å²) in [6, 6.07) is 5.94. The van der Waals surface area contributed by atoms with Gasteiger partial charge in [-0.3, -0.25) is 5.10 Å². The van der Waals surface area contributed by atoms with E-state index < -0.39 is 0 Å². The Morgan fingerprint density at radius 2 is 2.14 bits per heavy atom. The second-order valence-electron chi connectivity index (χ2n) is 7.53. The maximum absolute atomic E-state index is 10.4. The van der Waals surface area contributed by atoms with Crippen molar-refractivity contribution in [2.24, 2.45) is 5.92 Å². The van der Waals surface area contributed by atoms with Crippen LogP contribution in [-0.4, -0.2) is 56.2 Å². The lowest BCUT2D eigenvalue weighted by Gasteiger charge is -2.17. The van der Waals surface area contributed by atoms with Crippen LogP contribution in [0.3, 0.4) is 0 Å². The van der Waals surface area contributed by atoms with Gasteiger partial charge < -0.3 is 15.3 Å². The lowest BCUT2D eigenvalue weighted by Crippen LogP contribution is -2.31. The van der Waals surface area contributed by atoms with Gasteiger partial charge in [0.05, 0.1) is 12.4 Å². The Morgan fingerprint density at radius 1 is 1.25 bits per heavy atom. The summed E-state index contributed by atoms with van der Waals surface area (Å²) in [6.07, 6.45) is 6.30. The molecular formula is C20H25N7O. The Bertz CT molecular complexity index is 909. The third kappa shape index (κ3) is 3.96. The zero-order valence-corrected chi connectivity index (χ0v) is 16.1. The van der Waals surface area contributed by atoms with Crippen LogP contribution in [0.25, 0.3) is 22.4 Å². The van der Waals surface area contributed by atoms with Gasteiger partial charge in [0.25, 0.3) is 0 Å². The van der Waals surface area contributed by atoms with E-state index in [2.05, 4.69) is 49.4 Å². The number of anilines is 1. The molecule has 8 nitrogen and oxygen atoms in total. The van der Waals surface area contributed by atoms with Crippen molar-refractivity contribution in [3.63, 3.8) is 0 Å². The van der Waals surface area contributed by atoms with E-state index in [0.29, 0.717) is 29.2 Å². The standard InChI is InChI=1S/C20H25N7O/c1-13(2)21-8-14-5-6-27(12-14)20-22-11-18(25-26-20)17-4-3-15(7-19(17)28)16-9-23-24-10-16/h3-4,7,9-11,13-14,21,28H,5-6,8,12H2,1-2H3,(H,23,24). The van der Waals surface area contributed by atoms with Gasteiger partial charge in [0, 0.05) is 36.5 Å². The second kappa shape index (κ2) is 7.93. The molecule has 1 atom stereocenters. The molecule has 4 rings (SSSR count). The summed E-state index contributed by atoms with van der Waals surface area (Å²) < 4.78 is 0. The van der Waals surface area contributed by atoms with Crippen molar-refractivity contribution >= 4 is 5.95 Å². The van der Waals surface area contributed by atoms with Crippen LogP contribution in [0, 0.1) is 5.92 Å². The van der Waals surface area contributed by atoms with E-state index >= 15 is 0 Å². The molecule has 0 bridgehead atoms. The van der Waals surface area contributed by atoms with Gasteiger partial charge >= 0.3 is 0 Å². The van der Waals surface area contributed by atoms with Gasteiger partial charge in [0.2, 0.25) is 5.95 Å². The molecule has 3 heterocycles. The van der Waals surface area contributed by atoms with Gasteiger partial charge in [-0.05, 0) is 36.6 Å². The molecule has 0 amide bonds. The molecule has 146 valence electrons. The van der Waals surface area contributed by atoms with Crippen LogP contribution < -0.4 is 10.2 Å². The summed E-state index contributed by atoms with van der Waals surface area (Å²) in [4.78, 5) is 6.66. The van der Waals surface area contributed by atoms with Gasteiger partial charge in [-0.1, -0.05) is 19.9 Å². The first-order valence-electron chi connectivity index (χ1n) is 9.60. The van der Waals surface area contributed by atoms with Crippen molar-refractivity contribution < 1.29 is 5.11 Å². The first-order valence-corrected chi connectivity index (χ1v) is 9.60. The van der Waals surface area contributed by atoms with Crippen LogP contribution in [0.5, 0.6) is 5.75 Å². The number of benzene rings is 1. The summed E-state index contributed by atoms with van der Waals surface area (Å²) in [5.41, 5.74) is 2.96. The molecule has 0 aliphatic carbocycles.